The van der Waals surface area contributed by atoms with Crippen molar-refractivity contribution in [2.75, 3.05) is 0 Å². The van der Waals surface area contributed by atoms with Crippen molar-refractivity contribution < 1.29 is 19.5 Å². The van der Waals surface area contributed by atoms with E-state index in [1.165, 1.54) is 0 Å². The molecule has 0 saturated heterocycles. The van der Waals surface area contributed by atoms with Gasteiger partial charge in [0.25, 0.3) is 0 Å². The van der Waals surface area contributed by atoms with Crippen LogP contribution < -0.4 is 16.4 Å². The largest absolute Gasteiger partial charge is 0.480 e. The minimum Gasteiger partial charge on any atom is -0.480 e. The minimum absolute atomic E-state index is 0.0648. The average Bonchev–Trinajstić information content (AvgIpc) is 2.40. The molecule has 9 nitrogen and oxygen atoms in total. The number of carbonyl (C=O) groups is 3. The number of primary amides is 1. The number of hydrogen-bond acceptors (Lipinski definition) is 5. The number of aliphatic carboxylic acids is 1. The maximum Gasteiger partial charge on any atom is 0.326 e. The highest BCUT2D eigenvalue weighted by Crippen LogP contribution is 1.98. The van der Waals surface area contributed by atoms with Gasteiger partial charge in [-0.3, -0.25) is 4.79 Å². The zero-order valence-electron chi connectivity index (χ0n) is 11.5. The number of carboxylic acid groups (broad SMARTS) is 1. The van der Waals surface area contributed by atoms with Gasteiger partial charge in [0.2, 0.25) is 5.91 Å². The van der Waals surface area contributed by atoms with Crippen LogP contribution in [0.15, 0.2) is 12.3 Å². The fourth-order valence-electron chi connectivity index (χ4n) is 1.53. The van der Waals surface area contributed by atoms with Gasteiger partial charge >= 0.3 is 12.0 Å². The van der Waals surface area contributed by atoms with Gasteiger partial charge in [-0.2, -0.15) is 0 Å². The van der Waals surface area contributed by atoms with Gasteiger partial charge < -0.3 is 21.5 Å². The zero-order valence-corrected chi connectivity index (χ0v) is 11.5. The molecule has 0 aliphatic carbocycles. The van der Waals surface area contributed by atoms with Crippen LogP contribution in [0.2, 0.25) is 0 Å². The van der Waals surface area contributed by atoms with Gasteiger partial charge in [-0.15, -0.1) is 0 Å². The van der Waals surface area contributed by atoms with Gasteiger partial charge in [0.1, 0.15) is 11.9 Å². The quantitative estimate of drug-likeness (QED) is 0.523. The maximum atomic E-state index is 11.6. The molecular formula is C12H17N5O4. The Bertz CT molecular complexity index is 534. The zero-order chi connectivity index (χ0) is 15.8. The molecule has 1 atom stereocenters. The Hall–Kier alpha value is -2.71. The van der Waals surface area contributed by atoms with Crippen LogP contribution in [0.5, 0.6) is 0 Å². The molecule has 114 valence electrons. The molecule has 0 fully saturated rings. The van der Waals surface area contributed by atoms with Crippen molar-refractivity contribution in [2.45, 2.75) is 32.4 Å². The standard InChI is InChI=1S/C12H17N5O4/c1-7-14-5-4-8(16-7)6-15-12(21)17-9(11(19)20)2-3-10(13)18/h4-5,9H,2-3,6H2,1H3,(H2,13,18)(H,19,20)(H2,15,17,21)/t9-/m0/s1. The highest BCUT2D eigenvalue weighted by atomic mass is 16.4. The third-order valence-corrected chi connectivity index (χ3v) is 2.55. The van der Waals surface area contributed by atoms with Crippen molar-refractivity contribution in [2.24, 2.45) is 5.73 Å². The lowest BCUT2D eigenvalue weighted by Gasteiger charge is -2.14. The van der Waals surface area contributed by atoms with Crippen molar-refractivity contribution in [3.63, 3.8) is 0 Å². The normalized spacial score (nSPS) is 11.5. The molecule has 21 heavy (non-hydrogen) atoms. The maximum absolute atomic E-state index is 11.6. The highest BCUT2D eigenvalue weighted by molar-refractivity contribution is 5.83. The molecule has 0 unspecified atom stereocenters. The summed E-state index contributed by atoms with van der Waals surface area (Å²) in [5.41, 5.74) is 5.54. The van der Waals surface area contributed by atoms with Crippen LogP contribution in [0.1, 0.15) is 24.4 Å². The van der Waals surface area contributed by atoms with Crippen molar-refractivity contribution in [3.05, 3.63) is 23.8 Å². The molecule has 0 saturated carbocycles. The Balaban J connectivity index is 2.46. The Labute approximate surface area is 121 Å². The third-order valence-electron chi connectivity index (χ3n) is 2.55. The lowest BCUT2D eigenvalue weighted by Crippen LogP contribution is -2.46. The Morgan fingerprint density at radius 3 is 2.71 bits per heavy atom. The second-order valence-corrected chi connectivity index (χ2v) is 4.32. The summed E-state index contributed by atoms with van der Waals surface area (Å²) >= 11 is 0. The molecular weight excluding hydrogens is 278 g/mol. The van der Waals surface area contributed by atoms with E-state index in [0.29, 0.717) is 11.5 Å². The summed E-state index contributed by atoms with van der Waals surface area (Å²) in [6, 6.07) is -0.206. The van der Waals surface area contributed by atoms with E-state index < -0.39 is 23.9 Å². The Morgan fingerprint density at radius 1 is 1.43 bits per heavy atom. The molecule has 5 N–H and O–H groups in total. The SMILES string of the molecule is Cc1nccc(CNC(=O)N[C@@H](CCC(N)=O)C(=O)O)n1. The van der Waals surface area contributed by atoms with Gasteiger partial charge in [-0.25, -0.2) is 19.6 Å². The molecule has 1 rings (SSSR count). The van der Waals surface area contributed by atoms with Gasteiger partial charge in [0.05, 0.1) is 12.2 Å². The van der Waals surface area contributed by atoms with Crippen molar-refractivity contribution in [1.82, 2.24) is 20.6 Å². The summed E-state index contributed by atoms with van der Waals surface area (Å²) in [5, 5.41) is 13.7. The predicted molar refractivity (Wildman–Crippen MR) is 72.0 cm³/mol. The smallest absolute Gasteiger partial charge is 0.326 e. The molecule has 0 bridgehead atoms. The molecule has 0 aromatic carbocycles. The van der Waals surface area contributed by atoms with Crippen LogP contribution in [0, 0.1) is 6.92 Å². The third kappa shape index (κ3) is 6.32. The number of carbonyl (C=O) groups excluding carboxylic acids is 2. The number of carboxylic acids is 1. The first-order valence-electron chi connectivity index (χ1n) is 6.22. The summed E-state index contributed by atoms with van der Waals surface area (Å²) in [6.45, 7) is 1.85. The van der Waals surface area contributed by atoms with E-state index in [1.54, 1.807) is 19.2 Å². The molecule has 0 aliphatic heterocycles. The molecule has 0 aliphatic rings. The second-order valence-electron chi connectivity index (χ2n) is 4.32. The first kappa shape index (κ1) is 16.3. The van der Waals surface area contributed by atoms with Crippen LogP contribution in [0.4, 0.5) is 4.79 Å². The number of aromatic nitrogens is 2. The number of nitrogens with zero attached hydrogens (tertiary/aromatic N) is 2. The van der Waals surface area contributed by atoms with Gasteiger partial charge in [-0.1, -0.05) is 0 Å². The summed E-state index contributed by atoms with van der Waals surface area (Å²) in [6.07, 6.45) is 1.37. The molecule has 0 spiro atoms. The fourth-order valence-corrected chi connectivity index (χ4v) is 1.53. The van der Waals surface area contributed by atoms with Gasteiger partial charge in [-0.05, 0) is 19.4 Å². The van der Waals surface area contributed by atoms with Crippen molar-refractivity contribution in [1.29, 1.82) is 0 Å². The predicted octanol–water partition coefficient (Wildman–Crippen LogP) is -0.697. The van der Waals surface area contributed by atoms with E-state index in [4.69, 9.17) is 10.8 Å². The lowest BCUT2D eigenvalue weighted by atomic mass is 10.1. The highest BCUT2D eigenvalue weighted by Gasteiger charge is 2.20. The number of nitrogens with two attached hydrogens (primary N) is 1. The van der Waals surface area contributed by atoms with Gasteiger partial charge in [0, 0.05) is 12.6 Å². The van der Waals surface area contributed by atoms with Crippen molar-refractivity contribution in [3.8, 4) is 0 Å². The molecule has 9 heteroatoms. The summed E-state index contributed by atoms with van der Waals surface area (Å²) < 4.78 is 0. The van der Waals surface area contributed by atoms with E-state index in [1.807, 2.05) is 0 Å². The molecule has 1 aromatic heterocycles. The van der Waals surface area contributed by atoms with E-state index in [0.717, 1.165) is 0 Å². The molecule has 1 aromatic rings. The number of rotatable bonds is 7. The summed E-state index contributed by atoms with van der Waals surface area (Å²) in [5.74, 6) is -1.29. The number of urea groups is 1. The first-order valence-corrected chi connectivity index (χ1v) is 6.22. The average molecular weight is 295 g/mol. The van der Waals surface area contributed by atoms with E-state index >= 15 is 0 Å². The Morgan fingerprint density at radius 2 is 2.14 bits per heavy atom. The molecule has 3 amide bonds. The van der Waals surface area contributed by atoms with Crippen LogP contribution in [0.3, 0.4) is 0 Å². The summed E-state index contributed by atoms with van der Waals surface area (Å²) in [4.78, 5) is 41.2. The van der Waals surface area contributed by atoms with Crippen LogP contribution >= 0.6 is 0 Å². The fraction of sp³-hybridized carbons (Fsp3) is 0.417. The van der Waals surface area contributed by atoms with Crippen LogP contribution in [-0.4, -0.2) is 39.0 Å². The first-order chi connectivity index (χ1) is 9.88. The lowest BCUT2D eigenvalue weighted by molar-refractivity contribution is -0.139. The number of nitrogens with one attached hydrogen (secondary N) is 2. The second kappa shape index (κ2) is 7.78. The van der Waals surface area contributed by atoms with E-state index in [9.17, 15) is 14.4 Å². The molecule has 0 radical (unpaired) electrons. The van der Waals surface area contributed by atoms with Crippen molar-refractivity contribution >= 4 is 17.9 Å². The van der Waals surface area contributed by atoms with E-state index in [2.05, 4.69) is 20.6 Å². The number of amides is 3. The van der Waals surface area contributed by atoms with Gasteiger partial charge in [0.15, 0.2) is 0 Å². The monoisotopic (exact) mass is 295 g/mol. The van der Waals surface area contributed by atoms with E-state index in [-0.39, 0.29) is 19.4 Å². The Kier molecular flexibility index (Phi) is 6.05. The topological polar surface area (TPSA) is 147 Å². The number of aryl methyl sites for hydroxylation is 1. The molecule has 1 heterocycles. The van der Waals surface area contributed by atoms with Crippen LogP contribution in [0.25, 0.3) is 0 Å². The van der Waals surface area contributed by atoms with Crippen LogP contribution in [-0.2, 0) is 16.1 Å². The minimum atomic E-state index is -1.23. The number of hydrogen-bond donors (Lipinski definition) is 4. The summed E-state index contributed by atoms with van der Waals surface area (Å²) in [7, 11) is 0.